The average molecular weight is 447 g/mol. The summed E-state index contributed by atoms with van der Waals surface area (Å²) < 4.78 is 23.9. The van der Waals surface area contributed by atoms with E-state index >= 15 is 0 Å². The normalized spacial score (nSPS) is 10.8. The molecule has 0 atom stereocenters. The van der Waals surface area contributed by atoms with Crippen LogP contribution >= 0.6 is 0 Å². The van der Waals surface area contributed by atoms with Crippen molar-refractivity contribution in [2.24, 2.45) is 0 Å². The van der Waals surface area contributed by atoms with E-state index in [2.05, 4.69) is 5.32 Å². The van der Waals surface area contributed by atoms with Gasteiger partial charge in [-0.2, -0.15) is 5.26 Å². The number of rotatable bonds is 8. The predicted molar refractivity (Wildman–Crippen MR) is 119 cm³/mol. The molecule has 9 heteroatoms. The highest BCUT2D eigenvalue weighted by molar-refractivity contribution is 6.09. The van der Waals surface area contributed by atoms with E-state index in [1.807, 2.05) is 6.92 Å². The van der Waals surface area contributed by atoms with Crippen LogP contribution in [0.1, 0.15) is 12.5 Å². The van der Waals surface area contributed by atoms with Gasteiger partial charge in [0.05, 0.1) is 11.5 Å². The first-order valence-electron chi connectivity index (χ1n) is 9.77. The molecule has 0 aliphatic heterocycles. The van der Waals surface area contributed by atoms with Crippen LogP contribution in [-0.2, 0) is 4.79 Å². The minimum atomic E-state index is -0.670. The Labute approximate surface area is 188 Å². The van der Waals surface area contributed by atoms with Crippen molar-refractivity contribution >= 4 is 23.4 Å². The Bertz CT molecular complexity index is 1230. The quantitative estimate of drug-likeness (QED) is 0.212. The van der Waals surface area contributed by atoms with Crippen molar-refractivity contribution in [2.45, 2.75) is 6.92 Å². The molecule has 0 spiro atoms. The summed E-state index contributed by atoms with van der Waals surface area (Å²) in [6.45, 7) is 2.36. The Balaban J connectivity index is 1.81. The third kappa shape index (κ3) is 6.15. The fourth-order valence-electron chi connectivity index (χ4n) is 2.80. The first-order valence-corrected chi connectivity index (χ1v) is 9.77. The molecule has 0 aliphatic rings. The lowest BCUT2D eigenvalue weighted by atomic mass is 10.1. The van der Waals surface area contributed by atoms with Gasteiger partial charge in [0.2, 0.25) is 5.75 Å². The number of nitrogens with zero attached hydrogens (tertiary/aromatic N) is 2. The second-order valence-corrected chi connectivity index (χ2v) is 6.62. The summed E-state index contributed by atoms with van der Waals surface area (Å²) in [7, 11) is 0. The molecular weight excluding hydrogens is 429 g/mol. The number of halogens is 1. The van der Waals surface area contributed by atoms with Crippen LogP contribution in [0, 0.1) is 27.3 Å². The van der Waals surface area contributed by atoms with Gasteiger partial charge in [-0.05, 0) is 73.2 Å². The lowest BCUT2D eigenvalue weighted by Gasteiger charge is -2.08. The van der Waals surface area contributed by atoms with Crippen molar-refractivity contribution < 1.29 is 23.6 Å². The number of nitriles is 1. The number of carbonyl (C=O) groups is 1. The van der Waals surface area contributed by atoms with Crippen molar-refractivity contribution in [1.82, 2.24) is 0 Å². The Kier molecular flexibility index (Phi) is 7.34. The topological polar surface area (TPSA) is 114 Å². The van der Waals surface area contributed by atoms with E-state index < -0.39 is 16.6 Å². The van der Waals surface area contributed by atoms with Crippen LogP contribution in [0.5, 0.6) is 17.2 Å². The third-order valence-electron chi connectivity index (χ3n) is 4.32. The van der Waals surface area contributed by atoms with Gasteiger partial charge in [0.25, 0.3) is 5.91 Å². The lowest BCUT2D eigenvalue weighted by Crippen LogP contribution is -2.13. The number of hydrogen-bond donors (Lipinski definition) is 1. The summed E-state index contributed by atoms with van der Waals surface area (Å²) in [4.78, 5) is 23.4. The largest absolute Gasteiger partial charge is 0.494 e. The van der Waals surface area contributed by atoms with Gasteiger partial charge in [0.1, 0.15) is 29.0 Å². The summed E-state index contributed by atoms with van der Waals surface area (Å²) in [5, 5.41) is 23.5. The summed E-state index contributed by atoms with van der Waals surface area (Å²) >= 11 is 0. The monoisotopic (exact) mass is 447 g/mol. The summed E-state index contributed by atoms with van der Waals surface area (Å²) in [6, 6.07) is 17.4. The number of carbonyl (C=O) groups excluding carboxylic acids is 1. The van der Waals surface area contributed by atoms with Gasteiger partial charge in [0.15, 0.2) is 0 Å². The van der Waals surface area contributed by atoms with Crippen LogP contribution in [0.25, 0.3) is 6.08 Å². The molecule has 1 amide bonds. The van der Waals surface area contributed by atoms with Gasteiger partial charge in [-0.15, -0.1) is 0 Å². The highest BCUT2D eigenvalue weighted by Crippen LogP contribution is 2.33. The summed E-state index contributed by atoms with van der Waals surface area (Å²) in [5.74, 6) is -0.348. The molecule has 8 nitrogen and oxygen atoms in total. The maximum absolute atomic E-state index is 13.1. The highest BCUT2D eigenvalue weighted by Gasteiger charge is 2.18. The summed E-state index contributed by atoms with van der Waals surface area (Å²) in [6.07, 6.45) is 1.23. The Morgan fingerprint density at radius 3 is 2.39 bits per heavy atom. The third-order valence-corrected chi connectivity index (χ3v) is 4.32. The number of nitrogens with one attached hydrogen (secondary N) is 1. The van der Waals surface area contributed by atoms with Crippen molar-refractivity contribution in [1.29, 1.82) is 5.26 Å². The van der Waals surface area contributed by atoms with Crippen LogP contribution in [0.3, 0.4) is 0 Å². The lowest BCUT2D eigenvalue weighted by molar-refractivity contribution is -0.385. The molecule has 3 rings (SSSR count). The second-order valence-electron chi connectivity index (χ2n) is 6.62. The number of amides is 1. The number of benzene rings is 3. The molecule has 0 heterocycles. The Hall–Kier alpha value is -4.71. The van der Waals surface area contributed by atoms with Gasteiger partial charge in [-0.25, -0.2) is 4.39 Å². The first-order chi connectivity index (χ1) is 15.9. The molecule has 33 heavy (non-hydrogen) atoms. The molecule has 0 saturated carbocycles. The van der Waals surface area contributed by atoms with Crippen molar-refractivity contribution in [3.63, 3.8) is 0 Å². The number of nitro benzene ring substituents is 1. The Morgan fingerprint density at radius 1 is 1.12 bits per heavy atom. The average Bonchev–Trinajstić information content (AvgIpc) is 2.81. The molecule has 3 aromatic rings. The summed E-state index contributed by atoms with van der Waals surface area (Å²) in [5.41, 5.74) is 0.0906. The first kappa shape index (κ1) is 23.0. The zero-order valence-corrected chi connectivity index (χ0v) is 17.4. The maximum atomic E-state index is 13.1. The van der Waals surface area contributed by atoms with Crippen LogP contribution < -0.4 is 14.8 Å². The van der Waals surface area contributed by atoms with E-state index in [9.17, 15) is 24.6 Å². The van der Waals surface area contributed by atoms with E-state index in [-0.39, 0.29) is 28.3 Å². The molecule has 0 aliphatic carbocycles. The molecule has 166 valence electrons. The molecule has 0 aromatic heterocycles. The zero-order chi connectivity index (χ0) is 23.8. The van der Waals surface area contributed by atoms with E-state index in [0.717, 1.165) is 0 Å². The molecule has 0 unspecified atom stereocenters. The van der Waals surface area contributed by atoms with Gasteiger partial charge >= 0.3 is 5.69 Å². The van der Waals surface area contributed by atoms with Gasteiger partial charge in [-0.3, -0.25) is 14.9 Å². The molecule has 0 bridgehead atoms. The molecule has 0 fully saturated rings. The SMILES string of the molecule is CCOc1ccc(NC(=O)C(C#N)=Cc2ccc(Oc3ccc(F)cc3)c([N+](=O)[O-])c2)cc1. The number of nitro groups is 1. The van der Waals surface area contributed by atoms with Crippen molar-refractivity contribution in [3.8, 4) is 23.3 Å². The molecular formula is C24H18FN3O5. The molecule has 1 N–H and O–H groups in total. The standard InChI is InChI=1S/C24H18FN3O5/c1-2-32-20-10-6-19(7-11-20)27-24(29)17(15-26)13-16-3-12-23(22(14-16)28(30)31)33-21-8-4-18(25)5-9-21/h3-14H,2H2,1H3,(H,27,29). The minimum Gasteiger partial charge on any atom is -0.494 e. The number of ether oxygens (including phenoxy) is 2. The van der Waals surface area contributed by atoms with E-state index in [4.69, 9.17) is 9.47 Å². The van der Waals surface area contributed by atoms with Gasteiger partial charge in [-0.1, -0.05) is 6.07 Å². The smallest absolute Gasteiger partial charge is 0.312 e. The molecule has 0 radical (unpaired) electrons. The fourth-order valence-corrected chi connectivity index (χ4v) is 2.80. The minimum absolute atomic E-state index is 0.0684. The fraction of sp³-hybridized carbons (Fsp3) is 0.0833. The van der Waals surface area contributed by atoms with Crippen LogP contribution in [-0.4, -0.2) is 17.4 Å². The van der Waals surface area contributed by atoms with E-state index in [1.54, 1.807) is 30.3 Å². The van der Waals surface area contributed by atoms with Crippen LogP contribution in [0.2, 0.25) is 0 Å². The maximum Gasteiger partial charge on any atom is 0.312 e. The second kappa shape index (κ2) is 10.5. The Morgan fingerprint density at radius 2 is 1.79 bits per heavy atom. The van der Waals surface area contributed by atoms with Gasteiger partial charge < -0.3 is 14.8 Å². The van der Waals surface area contributed by atoms with Gasteiger partial charge in [0, 0.05) is 11.8 Å². The van der Waals surface area contributed by atoms with Crippen LogP contribution in [0.4, 0.5) is 15.8 Å². The number of hydrogen-bond acceptors (Lipinski definition) is 6. The van der Waals surface area contributed by atoms with Crippen molar-refractivity contribution in [2.75, 3.05) is 11.9 Å². The van der Waals surface area contributed by atoms with E-state index in [1.165, 1.54) is 48.5 Å². The van der Waals surface area contributed by atoms with Crippen LogP contribution in [0.15, 0.2) is 72.3 Å². The zero-order valence-electron chi connectivity index (χ0n) is 17.4. The van der Waals surface area contributed by atoms with Crippen molar-refractivity contribution in [3.05, 3.63) is 93.8 Å². The van der Waals surface area contributed by atoms with E-state index in [0.29, 0.717) is 18.0 Å². The highest BCUT2D eigenvalue weighted by atomic mass is 19.1. The molecule has 3 aromatic carbocycles. The number of anilines is 1. The predicted octanol–water partition coefficient (Wildman–Crippen LogP) is 5.47. The molecule has 0 saturated heterocycles.